The summed E-state index contributed by atoms with van der Waals surface area (Å²) >= 11 is 8.74. The second-order valence-corrected chi connectivity index (χ2v) is 7.27. The van der Waals surface area contributed by atoms with Crippen molar-refractivity contribution in [1.82, 2.24) is 9.55 Å². The summed E-state index contributed by atoms with van der Waals surface area (Å²) in [5, 5.41) is 1.84. The van der Waals surface area contributed by atoms with Gasteiger partial charge >= 0.3 is 0 Å². The van der Waals surface area contributed by atoms with Gasteiger partial charge in [-0.15, -0.1) is 11.3 Å². The molecule has 2 aromatic heterocycles. The van der Waals surface area contributed by atoms with E-state index in [2.05, 4.69) is 11.6 Å². The Balaban J connectivity index is 2.10. The van der Waals surface area contributed by atoms with Gasteiger partial charge in [-0.1, -0.05) is 60.3 Å². The number of benzene rings is 1. The zero-order valence-electron chi connectivity index (χ0n) is 11.9. The first-order chi connectivity index (χ1) is 10.6. The molecule has 0 unspecified atom stereocenters. The quantitative estimate of drug-likeness (QED) is 0.514. The molecule has 3 rings (SSSR count). The molecule has 0 saturated heterocycles. The average Bonchev–Trinajstić information content (AvgIpc) is 2.94. The van der Waals surface area contributed by atoms with Crippen LogP contribution in [0.2, 0.25) is 0 Å². The third-order valence-corrected chi connectivity index (χ3v) is 5.63. The number of hydrogen-bond acceptors (Lipinski definition) is 4. The van der Waals surface area contributed by atoms with Crippen LogP contribution in [-0.4, -0.2) is 15.3 Å². The molecule has 0 saturated carbocycles. The molecule has 0 N–H and O–H groups in total. The molecule has 0 radical (unpaired) electrons. The highest BCUT2D eigenvalue weighted by Gasteiger charge is 2.13. The molecule has 3 aromatic rings. The van der Waals surface area contributed by atoms with E-state index in [9.17, 15) is 4.79 Å². The van der Waals surface area contributed by atoms with Gasteiger partial charge in [-0.2, -0.15) is 0 Å². The minimum atomic E-state index is -0.0360. The summed E-state index contributed by atoms with van der Waals surface area (Å²) in [7, 11) is 1.73. The van der Waals surface area contributed by atoms with E-state index in [1.165, 1.54) is 23.1 Å². The van der Waals surface area contributed by atoms with Crippen LogP contribution in [0, 0.1) is 0 Å². The van der Waals surface area contributed by atoms with Crippen LogP contribution in [0.3, 0.4) is 0 Å². The Morgan fingerprint density at radius 2 is 2.14 bits per heavy atom. The molecule has 0 atom stereocenters. The fraction of sp³-hybridized carbons (Fsp3) is 0.125. The van der Waals surface area contributed by atoms with E-state index in [4.69, 9.17) is 11.6 Å². The van der Waals surface area contributed by atoms with Gasteiger partial charge in [0, 0.05) is 22.7 Å². The van der Waals surface area contributed by atoms with Gasteiger partial charge in [0.25, 0.3) is 5.56 Å². The molecular weight excluding hydrogens is 336 g/mol. The molecular formula is C16H13ClN2OS2. The molecule has 6 heteroatoms. The summed E-state index contributed by atoms with van der Waals surface area (Å²) in [5.41, 5.74) is 1.06. The Bertz CT molecular complexity index is 900. The topological polar surface area (TPSA) is 34.9 Å². The summed E-state index contributed by atoms with van der Waals surface area (Å²) < 4.78 is 1.56. The van der Waals surface area contributed by atoms with Gasteiger partial charge in [0.15, 0.2) is 5.16 Å². The normalized spacial score (nSPS) is 11.0. The first kappa shape index (κ1) is 15.3. The van der Waals surface area contributed by atoms with Crippen LogP contribution in [0.25, 0.3) is 20.7 Å². The van der Waals surface area contributed by atoms with Gasteiger partial charge in [0.05, 0.1) is 5.39 Å². The van der Waals surface area contributed by atoms with Crippen molar-refractivity contribution in [2.45, 2.75) is 5.16 Å². The summed E-state index contributed by atoms with van der Waals surface area (Å²) in [6.45, 7) is 3.66. The minimum absolute atomic E-state index is 0.0360. The second-order valence-electron chi connectivity index (χ2n) is 4.76. The Labute approximate surface area is 141 Å². The smallest absolute Gasteiger partial charge is 0.262 e. The van der Waals surface area contributed by atoms with Gasteiger partial charge in [0.2, 0.25) is 0 Å². The zero-order valence-corrected chi connectivity index (χ0v) is 14.3. The Morgan fingerprint density at radius 1 is 1.41 bits per heavy atom. The number of hydrogen-bond donors (Lipinski definition) is 0. The van der Waals surface area contributed by atoms with Crippen molar-refractivity contribution >= 4 is 44.9 Å². The van der Waals surface area contributed by atoms with E-state index in [1.54, 1.807) is 11.6 Å². The average molecular weight is 349 g/mol. The predicted molar refractivity (Wildman–Crippen MR) is 96.0 cm³/mol. The van der Waals surface area contributed by atoms with Crippen LogP contribution in [0.5, 0.6) is 0 Å². The Hall–Kier alpha value is -1.56. The van der Waals surface area contributed by atoms with Crippen molar-refractivity contribution in [3.05, 3.63) is 58.4 Å². The van der Waals surface area contributed by atoms with Gasteiger partial charge in [-0.25, -0.2) is 4.98 Å². The lowest BCUT2D eigenvalue weighted by Crippen LogP contribution is -2.19. The number of nitrogens with zero attached hydrogens (tertiary/aromatic N) is 2. The summed E-state index contributed by atoms with van der Waals surface area (Å²) in [4.78, 5) is 18.9. The Kier molecular flexibility index (Phi) is 4.38. The predicted octanol–water partition coefficient (Wildman–Crippen LogP) is 4.51. The fourth-order valence-corrected chi connectivity index (χ4v) is 4.03. The van der Waals surface area contributed by atoms with E-state index in [0.29, 0.717) is 21.3 Å². The van der Waals surface area contributed by atoms with E-state index < -0.39 is 0 Å². The van der Waals surface area contributed by atoms with Crippen LogP contribution in [0.1, 0.15) is 0 Å². The van der Waals surface area contributed by atoms with Crippen LogP contribution < -0.4 is 5.56 Å². The lowest BCUT2D eigenvalue weighted by molar-refractivity contribution is 0.728. The summed E-state index contributed by atoms with van der Waals surface area (Å²) in [6, 6.07) is 11.9. The van der Waals surface area contributed by atoms with Crippen LogP contribution in [0.4, 0.5) is 0 Å². The highest BCUT2D eigenvalue weighted by Crippen LogP contribution is 2.32. The standard InChI is InChI=1S/C16H13ClN2OS2/c1-10(17)9-21-16-18-14-12(15(20)19(16)2)8-13(22-14)11-6-4-3-5-7-11/h3-8H,1,9H2,2H3. The molecule has 112 valence electrons. The molecule has 0 spiro atoms. The van der Waals surface area contributed by atoms with Crippen molar-refractivity contribution in [1.29, 1.82) is 0 Å². The maximum absolute atomic E-state index is 12.5. The second kappa shape index (κ2) is 6.28. The highest BCUT2D eigenvalue weighted by atomic mass is 35.5. The summed E-state index contributed by atoms with van der Waals surface area (Å²) in [5.74, 6) is 0.532. The number of aromatic nitrogens is 2. The summed E-state index contributed by atoms with van der Waals surface area (Å²) in [6.07, 6.45) is 0. The molecule has 0 fully saturated rings. The van der Waals surface area contributed by atoms with Crippen LogP contribution >= 0.6 is 34.7 Å². The van der Waals surface area contributed by atoms with E-state index in [1.807, 2.05) is 36.4 Å². The van der Waals surface area contributed by atoms with Crippen molar-refractivity contribution in [2.75, 3.05) is 5.75 Å². The minimum Gasteiger partial charge on any atom is -0.290 e. The van der Waals surface area contributed by atoms with Crippen molar-refractivity contribution in [3.63, 3.8) is 0 Å². The molecule has 0 amide bonds. The van der Waals surface area contributed by atoms with Gasteiger partial charge in [-0.05, 0) is 11.6 Å². The molecule has 0 aliphatic rings. The maximum Gasteiger partial charge on any atom is 0.262 e. The molecule has 22 heavy (non-hydrogen) atoms. The largest absolute Gasteiger partial charge is 0.290 e. The Morgan fingerprint density at radius 3 is 2.82 bits per heavy atom. The molecule has 0 aliphatic heterocycles. The van der Waals surface area contributed by atoms with E-state index >= 15 is 0 Å². The maximum atomic E-state index is 12.5. The molecule has 1 aromatic carbocycles. The third-order valence-electron chi connectivity index (χ3n) is 3.15. The van der Waals surface area contributed by atoms with Crippen LogP contribution in [0.15, 0.2) is 58.0 Å². The number of halogens is 1. The fourth-order valence-electron chi connectivity index (χ4n) is 2.06. The molecule has 0 bridgehead atoms. The van der Waals surface area contributed by atoms with Crippen molar-refractivity contribution in [2.24, 2.45) is 7.05 Å². The monoisotopic (exact) mass is 348 g/mol. The number of fused-ring (bicyclic) bond motifs is 1. The molecule has 3 nitrogen and oxygen atoms in total. The zero-order chi connectivity index (χ0) is 15.7. The molecule has 0 aliphatic carbocycles. The third kappa shape index (κ3) is 2.97. The molecule has 2 heterocycles. The van der Waals surface area contributed by atoms with E-state index in [0.717, 1.165) is 15.3 Å². The van der Waals surface area contributed by atoms with Crippen molar-refractivity contribution < 1.29 is 0 Å². The van der Waals surface area contributed by atoms with Crippen LogP contribution in [-0.2, 0) is 7.05 Å². The number of thiophene rings is 1. The first-order valence-electron chi connectivity index (χ1n) is 6.58. The van der Waals surface area contributed by atoms with Crippen molar-refractivity contribution in [3.8, 4) is 10.4 Å². The number of thioether (sulfide) groups is 1. The lowest BCUT2D eigenvalue weighted by Gasteiger charge is -2.05. The lowest BCUT2D eigenvalue weighted by atomic mass is 10.2. The van der Waals surface area contributed by atoms with E-state index in [-0.39, 0.29) is 5.56 Å². The SMILES string of the molecule is C=C(Cl)CSc1nc2sc(-c3ccccc3)cc2c(=O)n1C. The van der Waals surface area contributed by atoms with Gasteiger partial charge in [-0.3, -0.25) is 9.36 Å². The van der Waals surface area contributed by atoms with Gasteiger partial charge < -0.3 is 0 Å². The van der Waals surface area contributed by atoms with Gasteiger partial charge in [0.1, 0.15) is 4.83 Å². The first-order valence-corrected chi connectivity index (χ1v) is 8.76. The highest BCUT2D eigenvalue weighted by molar-refractivity contribution is 7.99. The number of rotatable bonds is 4.